The predicted molar refractivity (Wildman–Crippen MR) is 97.4 cm³/mol. The number of nitrogens with zero attached hydrogens (tertiary/aromatic N) is 3. The molecule has 1 amide bonds. The van der Waals surface area contributed by atoms with Gasteiger partial charge < -0.3 is 10.6 Å². The Morgan fingerprint density at radius 1 is 1.08 bits per heavy atom. The minimum Gasteiger partial charge on any atom is -0.375 e. The van der Waals surface area contributed by atoms with Crippen LogP contribution in [0.4, 0.5) is 5.69 Å². The van der Waals surface area contributed by atoms with Gasteiger partial charge in [0.15, 0.2) is 0 Å². The normalized spacial score (nSPS) is 10.4. The van der Waals surface area contributed by atoms with Crippen LogP contribution in [-0.4, -0.2) is 27.2 Å². The van der Waals surface area contributed by atoms with Gasteiger partial charge in [-0.3, -0.25) is 4.79 Å². The van der Waals surface area contributed by atoms with Crippen LogP contribution in [0.15, 0.2) is 61.2 Å². The minimum atomic E-state index is -0.101. The Balaban J connectivity index is 1.54. The van der Waals surface area contributed by atoms with E-state index >= 15 is 0 Å². The van der Waals surface area contributed by atoms with Crippen molar-refractivity contribution in [1.29, 1.82) is 0 Å². The molecule has 0 bridgehead atoms. The molecular weight excluding hydrogens is 338 g/mol. The van der Waals surface area contributed by atoms with Crippen molar-refractivity contribution >= 4 is 23.2 Å². The standard InChI is InChI=1S/C18H18ClN5O/c19-16-7-3-4-8-17(16)21-10-18(25)22-9-14-5-1-2-6-15(14)11-24-13-20-12-23-24/h1-8,12-13,21H,9-11H2,(H,22,25). The molecule has 128 valence electrons. The number of para-hydroxylation sites is 1. The molecule has 7 heteroatoms. The number of anilines is 1. The van der Waals surface area contributed by atoms with Crippen molar-refractivity contribution in [3.05, 3.63) is 77.3 Å². The molecule has 0 fully saturated rings. The first-order chi connectivity index (χ1) is 12.2. The number of hydrogen-bond acceptors (Lipinski definition) is 4. The number of rotatable bonds is 7. The molecule has 6 nitrogen and oxygen atoms in total. The summed E-state index contributed by atoms with van der Waals surface area (Å²) in [7, 11) is 0. The van der Waals surface area contributed by atoms with Crippen molar-refractivity contribution in [1.82, 2.24) is 20.1 Å². The number of hydrogen-bond donors (Lipinski definition) is 2. The number of carbonyl (C=O) groups excluding carboxylic acids is 1. The molecule has 1 heterocycles. The Labute approximate surface area is 150 Å². The summed E-state index contributed by atoms with van der Waals surface area (Å²) >= 11 is 6.06. The number of carbonyl (C=O) groups is 1. The zero-order valence-corrected chi connectivity index (χ0v) is 14.3. The van der Waals surface area contributed by atoms with Crippen LogP contribution < -0.4 is 10.6 Å². The van der Waals surface area contributed by atoms with Gasteiger partial charge in [0, 0.05) is 6.54 Å². The Kier molecular flexibility index (Phi) is 5.64. The van der Waals surface area contributed by atoms with Crippen LogP contribution in [0.1, 0.15) is 11.1 Å². The van der Waals surface area contributed by atoms with Crippen LogP contribution in [0.3, 0.4) is 0 Å². The van der Waals surface area contributed by atoms with E-state index < -0.39 is 0 Å². The number of halogens is 1. The second-order valence-electron chi connectivity index (χ2n) is 5.47. The van der Waals surface area contributed by atoms with E-state index in [-0.39, 0.29) is 12.5 Å². The maximum atomic E-state index is 12.1. The highest BCUT2D eigenvalue weighted by Gasteiger charge is 2.07. The molecule has 0 aliphatic rings. The predicted octanol–water partition coefficient (Wildman–Crippen LogP) is 2.71. The zero-order valence-electron chi connectivity index (χ0n) is 13.5. The highest BCUT2D eigenvalue weighted by atomic mass is 35.5. The lowest BCUT2D eigenvalue weighted by molar-refractivity contribution is -0.119. The van der Waals surface area contributed by atoms with Crippen LogP contribution in [0.5, 0.6) is 0 Å². The van der Waals surface area contributed by atoms with Crippen LogP contribution in [0.2, 0.25) is 5.02 Å². The van der Waals surface area contributed by atoms with E-state index in [0.717, 1.165) is 16.8 Å². The van der Waals surface area contributed by atoms with Gasteiger partial charge in [0.1, 0.15) is 12.7 Å². The van der Waals surface area contributed by atoms with Crippen LogP contribution >= 0.6 is 11.6 Å². The molecule has 0 unspecified atom stereocenters. The highest BCUT2D eigenvalue weighted by Crippen LogP contribution is 2.19. The third-order valence-electron chi connectivity index (χ3n) is 3.71. The summed E-state index contributed by atoms with van der Waals surface area (Å²) in [5, 5.41) is 10.7. The summed E-state index contributed by atoms with van der Waals surface area (Å²) in [6, 6.07) is 15.3. The number of aromatic nitrogens is 3. The molecule has 0 radical (unpaired) electrons. The molecular formula is C18H18ClN5O. The van der Waals surface area contributed by atoms with Gasteiger partial charge in [0.05, 0.1) is 23.8 Å². The number of amides is 1. The van der Waals surface area contributed by atoms with E-state index in [1.165, 1.54) is 6.33 Å². The van der Waals surface area contributed by atoms with Crippen molar-refractivity contribution in [2.45, 2.75) is 13.1 Å². The Morgan fingerprint density at radius 2 is 1.84 bits per heavy atom. The summed E-state index contributed by atoms with van der Waals surface area (Å²) in [5.41, 5.74) is 2.88. The molecule has 3 aromatic rings. The summed E-state index contributed by atoms with van der Waals surface area (Å²) in [6.45, 7) is 1.23. The third kappa shape index (κ3) is 4.81. The fourth-order valence-corrected chi connectivity index (χ4v) is 2.61. The topological polar surface area (TPSA) is 71.8 Å². The zero-order chi connectivity index (χ0) is 17.5. The number of benzene rings is 2. The lowest BCUT2D eigenvalue weighted by Crippen LogP contribution is -2.29. The maximum absolute atomic E-state index is 12.1. The van der Waals surface area contributed by atoms with E-state index in [1.807, 2.05) is 42.5 Å². The minimum absolute atomic E-state index is 0.101. The van der Waals surface area contributed by atoms with Gasteiger partial charge in [-0.05, 0) is 23.3 Å². The molecule has 1 aromatic heterocycles. The fourth-order valence-electron chi connectivity index (χ4n) is 2.41. The van der Waals surface area contributed by atoms with Crippen molar-refractivity contribution in [3.63, 3.8) is 0 Å². The molecule has 0 aliphatic heterocycles. The molecule has 0 aliphatic carbocycles. The largest absolute Gasteiger partial charge is 0.375 e. The van der Waals surface area contributed by atoms with Gasteiger partial charge in [-0.1, -0.05) is 48.0 Å². The quantitative estimate of drug-likeness (QED) is 0.683. The summed E-state index contributed by atoms with van der Waals surface area (Å²) in [5.74, 6) is -0.101. The van der Waals surface area contributed by atoms with Gasteiger partial charge in [0.2, 0.25) is 5.91 Å². The fraction of sp³-hybridized carbons (Fsp3) is 0.167. The molecule has 25 heavy (non-hydrogen) atoms. The summed E-state index contributed by atoms with van der Waals surface area (Å²) in [6.07, 6.45) is 3.17. The third-order valence-corrected chi connectivity index (χ3v) is 4.04. The molecule has 2 aromatic carbocycles. The molecule has 3 rings (SSSR count). The van der Waals surface area contributed by atoms with Crippen LogP contribution in [0, 0.1) is 0 Å². The Hall–Kier alpha value is -2.86. The highest BCUT2D eigenvalue weighted by molar-refractivity contribution is 6.33. The molecule has 2 N–H and O–H groups in total. The van der Waals surface area contributed by atoms with Gasteiger partial charge in [-0.2, -0.15) is 5.10 Å². The van der Waals surface area contributed by atoms with Crippen molar-refractivity contribution in [2.24, 2.45) is 0 Å². The molecule has 0 saturated carbocycles. The number of nitrogens with one attached hydrogen (secondary N) is 2. The SMILES string of the molecule is O=C(CNc1ccccc1Cl)NCc1ccccc1Cn1cncn1. The summed E-state index contributed by atoms with van der Waals surface area (Å²) < 4.78 is 1.75. The second-order valence-corrected chi connectivity index (χ2v) is 5.88. The van der Waals surface area contributed by atoms with Crippen molar-refractivity contribution in [2.75, 3.05) is 11.9 Å². The van der Waals surface area contributed by atoms with E-state index in [0.29, 0.717) is 18.1 Å². The van der Waals surface area contributed by atoms with E-state index in [1.54, 1.807) is 17.1 Å². The van der Waals surface area contributed by atoms with Crippen LogP contribution in [0.25, 0.3) is 0 Å². The van der Waals surface area contributed by atoms with E-state index in [4.69, 9.17) is 11.6 Å². The van der Waals surface area contributed by atoms with E-state index in [2.05, 4.69) is 20.7 Å². The average molecular weight is 356 g/mol. The summed E-state index contributed by atoms with van der Waals surface area (Å²) in [4.78, 5) is 16.0. The first-order valence-electron chi connectivity index (χ1n) is 7.86. The van der Waals surface area contributed by atoms with Gasteiger partial charge >= 0.3 is 0 Å². The Morgan fingerprint density at radius 3 is 2.60 bits per heavy atom. The smallest absolute Gasteiger partial charge is 0.239 e. The van der Waals surface area contributed by atoms with Gasteiger partial charge in [-0.25, -0.2) is 9.67 Å². The monoisotopic (exact) mass is 355 g/mol. The lowest BCUT2D eigenvalue weighted by atomic mass is 10.1. The average Bonchev–Trinajstić information content (AvgIpc) is 3.13. The molecule has 0 spiro atoms. The van der Waals surface area contributed by atoms with E-state index in [9.17, 15) is 4.79 Å². The maximum Gasteiger partial charge on any atom is 0.239 e. The van der Waals surface area contributed by atoms with Crippen molar-refractivity contribution in [3.8, 4) is 0 Å². The second kappa shape index (κ2) is 8.30. The lowest BCUT2D eigenvalue weighted by Gasteiger charge is -2.12. The van der Waals surface area contributed by atoms with Crippen molar-refractivity contribution < 1.29 is 4.79 Å². The van der Waals surface area contributed by atoms with Crippen LogP contribution in [-0.2, 0) is 17.9 Å². The molecule has 0 saturated heterocycles. The molecule has 0 atom stereocenters. The Bertz CT molecular complexity index is 835. The van der Waals surface area contributed by atoms with Gasteiger partial charge in [0.25, 0.3) is 0 Å². The van der Waals surface area contributed by atoms with Gasteiger partial charge in [-0.15, -0.1) is 0 Å². The first kappa shape index (κ1) is 17.0. The first-order valence-corrected chi connectivity index (χ1v) is 8.24.